The zero-order valence-electron chi connectivity index (χ0n) is 11.7. The third kappa shape index (κ3) is 2.56. The van der Waals surface area contributed by atoms with Crippen LogP contribution in [0, 0.1) is 0 Å². The second kappa shape index (κ2) is 5.58. The van der Waals surface area contributed by atoms with E-state index in [9.17, 15) is 0 Å². The molecule has 0 fully saturated rings. The molecule has 4 heteroatoms. The Morgan fingerprint density at radius 2 is 1.68 bits per heavy atom. The van der Waals surface area contributed by atoms with E-state index in [0.717, 1.165) is 15.8 Å². The van der Waals surface area contributed by atoms with Gasteiger partial charge in [0.15, 0.2) is 5.13 Å². The van der Waals surface area contributed by atoms with Gasteiger partial charge in [-0.05, 0) is 34.5 Å². The predicted molar refractivity (Wildman–Crippen MR) is 92.6 cm³/mol. The third-order valence-corrected chi connectivity index (χ3v) is 4.40. The largest absolute Gasteiger partial charge is 0.316 e. The van der Waals surface area contributed by atoms with E-state index < -0.39 is 0 Å². The Balaban J connectivity index is 1.65. The van der Waals surface area contributed by atoms with E-state index in [4.69, 9.17) is 0 Å². The van der Waals surface area contributed by atoms with Gasteiger partial charge in [-0.15, -0.1) is 0 Å². The molecule has 0 aliphatic rings. The Kier molecular flexibility index (Phi) is 3.29. The molecule has 4 rings (SSSR count). The smallest absolute Gasteiger partial charge is 0.188 e. The molecular weight excluding hydrogens is 290 g/mol. The van der Waals surface area contributed by atoms with Crippen LogP contribution in [0.5, 0.6) is 0 Å². The molecule has 0 atom stereocenters. The van der Waals surface area contributed by atoms with Gasteiger partial charge in [0.1, 0.15) is 5.82 Å². The van der Waals surface area contributed by atoms with Gasteiger partial charge in [0.25, 0.3) is 0 Å². The van der Waals surface area contributed by atoms with Crippen LogP contribution in [-0.4, -0.2) is 9.97 Å². The van der Waals surface area contributed by atoms with Crippen molar-refractivity contribution in [2.75, 3.05) is 5.32 Å². The monoisotopic (exact) mass is 303 g/mol. The second-order valence-electron chi connectivity index (χ2n) is 4.93. The SMILES string of the molecule is c1ccc(Nc2ncc(-c3ccc4ccccc4c3)s2)nc1. The lowest BCUT2D eigenvalue weighted by Gasteiger charge is -2.01. The van der Waals surface area contributed by atoms with Crippen LogP contribution in [0.3, 0.4) is 0 Å². The highest BCUT2D eigenvalue weighted by atomic mass is 32.1. The van der Waals surface area contributed by atoms with Gasteiger partial charge in [-0.3, -0.25) is 0 Å². The Bertz CT molecular complexity index is 916. The van der Waals surface area contributed by atoms with Crippen molar-refractivity contribution in [2.24, 2.45) is 0 Å². The first-order valence-corrected chi connectivity index (χ1v) is 7.83. The summed E-state index contributed by atoms with van der Waals surface area (Å²) in [5.74, 6) is 0.807. The first-order valence-electron chi connectivity index (χ1n) is 7.01. The number of benzene rings is 2. The van der Waals surface area contributed by atoms with E-state index in [1.165, 1.54) is 16.3 Å². The topological polar surface area (TPSA) is 37.8 Å². The number of rotatable bonds is 3. The van der Waals surface area contributed by atoms with Crippen molar-refractivity contribution in [3.63, 3.8) is 0 Å². The van der Waals surface area contributed by atoms with Crippen LogP contribution in [-0.2, 0) is 0 Å². The first-order chi connectivity index (χ1) is 10.9. The van der Waals surface area contributed by atoms with Crippen molar-refractivity contribution in [2.45, 2.75) is 0 Å². The highest BCUT2D eigenvalue weighted by Gasteiger charge is 2.06. The fourth-order valence-electron chi connectivity index (χ4n) is 2.35. The van der Waals surface area contributed by atoms with E-state index in [1.807, 2.05) is 24.4 Å². The van der Waals surface area contributed by atoms with Crippen LogP contribution >= 0.6 is 11.3 Å². The number of aromatic nitrogens is 2. The van der Waals surface area contributed by atoms with Crippen molar-refractivity contribution in [1.29, 1.82) is 0 Å². The number of hydrogen-bond acceptors (Lipinski definition) is 4. The summed E-state index contributed by atoms with van der Waals surface area (Å²) < 4.78 is 0. The fraction of sp³-hybridized carbons (Fsp3) is 0. The number of nitrogens with one attached hydrogen (secondary N) is 1. The minimum Gasteiger partial charge on any atom is -0.316 e. The average Bonchev–Trinajstić information content (AvgIpc) is 3.04. The molecule has 106 valence electrons. The van der Waals surface area contributed by atoms with Crippen LogP contribution < -0.4 is 5.32 Å². The molecule has 1 N–H and O–H groups in total. The summed E-state index contributed by atoms with van der Waals surface area (Å²) in [5.41, 5.74) is 1.19. The molecule has 0 saturated carbocycles. The minimum absolute atomic E-state index is 0.807. The summed E-state index contributed by atoms with van der Waals surface area (Å²) in [6.45, 7) is 0. The predicted octanol–water partition coefficient (Wildman–Crippen LogP) is 5.10. The average molecular weight is 303 g/mol. The second-order valence-corrected chi connectivity index (χ2v) is 5.96. The van der Waals surface area contributed by atoms with E-state index in [1.54, 1.807) is 17.5 Å². The number of thiazole rings is 1. The van der Waals surface area contributed by atoms with Crippen molar-refractivity contribution in [1.82, 2.24) is 9.97 Å². The normalized spacial score (nSPS) is 10.7. The maximum atomic E-state index is 4.44. The Morgan fingerprint density at radius 3 is 2.55 bits per heavy atom. The first kappa shape index (κ1) is 13.0. The molecule has 2 heterocycles. The van der Waals surface area contributed by atoms with Crippen LogP contribution in [0.15, 0.2) is 73.1 Å². The maximum absolute atomic E-state index is 4.44. The summed E-state index contributed by atoms with van der Waals surface area (Å²) in [6.07, 6.45) is 3.67. The van der Waals surface area contributed by atoms with E-state index in [-0.39, 0.29) is 0 Å². The van der Waals surface area contributed by atoms with E-state index in [2.05, 4.69) is 57.7 Å². The van der Waals surface area contributed by atoms with Gasteiger partial charge in [0.2, 0.25) is 0 Å². The lowest BCUT2D eigenvalue weighted by atomic mass is 10.1. The van der Waals surface area contributed by atoms with Gasteiger partial charge in [-0.1, -0.05) is 53.8 Å². The highest BCUT2D eigenvalue weighted by molar-refractivity contribution is 7.18. The Hall–Kier alpha value is -2.72. The zero-order chi connectivity index (χ0) is 14.8. The summed E-state index contributed by atoms with van der Waals surface area (Å²) in [4.78, 5) is 9.83. The van der Waals surface area contributed by atoms with Crippen LogP contribution in [0.4, 0.5) is 10.9 Å². The lowest BCUT2D eigenvalue weighted by molar-refractivity contribution is 1.29. The van der Waals surface area contributed by atoms with Crippen LogP contribution in [0.25, 0.3) is 21.2 Å². The van der Waals surface area contributed by atoms with Crippen molar-refractivity contribution >= 4 is 33.1 Å². The quantitative estimate of drug-likeness (QED) is 0.572. The molecule has 0 bridgehead atoms. The molecular formula is C18H13N3S. The highest BCUT2D eigenvalue weighted by Crippen LogP contribution is 2.32. The number of pyridine rings is 1. The summed E-state index contributed by atoms with van der Waals surface area (Å²) in [7, 11) is 0. The number of nitrogens with zero attached hydrogens (tertiary/aromatic N) is 2. The molecule has 22 heavy (non-hydrogen) atoms. The van der Waals surface area contributed by atoms with Crippen molar-refractivity contribution in [3.05, 3.63) is 73.1 Å². The number of fused-ring (bicyclic) bond motifs is 1. The summed E-state index contributed by atoms with van der Waals surface area (Å²) >= 11 is 1.63. The van der Waals surface area contributed by atoms with Crippen LogP contribution in [0.2, 0.25) is 0 Å². The zero-order valence-corrected chi connectivity index (χ0v) is 12.5. The Labute approximate surface area is 132 Å². The van der Waals surface area contributed by atoms with Gasteiger partial charge < -0.3 is 5.32 Å². The summed E-state index contributed by atoms with van der Waals surface area (Å²) in [6, 6.07) is 20.6. The van der Waals surface area contributed by atoms with Gasteiger partial charge in [0.05, 0.1) is 4.88 Å². The maximum Gasteiger partial charge on any atom is 0.188 e. The Morgan fingerprint density at radius 1 is 0.818 bits per heavy atom. The molecule has 4 aromatic rings. The minimum atomic E-state index is 0.807. The molecule has 0 aliphatic carbocycles. The molecule has 0 unspecified atom stereocenters. The van der Waals surface area contributed by atoms with Crippen molar-refractivity contribution in [3.8, 4) is 10.4 Å². The molecule has 0 radical (unpaired) electrons. The molecule has 0 amide bonds. The molecule has 2 aromatic heterocycles. The summed E-state index contributed by atoms with van der Waals surface area (Å²) in [5, 5.41) is 6.57. The van der Waals surface area contributed by atoms with Gasteiger partial charge in [-0.25, -0.2) is 9.97 Å². The molecule has 3 nitrogen and oxygen atoms in total. The van der Waals surface area contributed by atoms with Gasteiger partial charge in [0, 0.05) is 12.4 Å². The lowest BCUT2D eigenvalue weighted by Crippen LogP contribution is -1.90. The standard InChI is InChI=1S/C18H13N3S/c1-2-6-14-11-15(9-8-13(14)5-1)16-12-20-18(22-16)21-17-7-3-4-10-19-17/h1-12H,(H,19,20,21). The molecule has 2 aromatic carbocycles. The van der Waals surface area contributed by atoms with Gasteiger partial charge in [-0.2, -0.15) is 0 Å². The fourth-order valence-corrected chi connectivity index (χ4v) is 3.17. The molecule has 0 aliphatic heterocycles. The molecule has 0 spiro atoms. The number of anilines is 2. The van der Waals surface area contributed by atoms with E-state index in [0.29, 0.717) is 0 Å². The van der Waals surface area contributed by atoms with E-state index >= 15 is 0 Å². The van der Waals surface area contributed by atoms with Crippen molar-refractivity contribution < 1.29 is 0 Å². The van der Waals surface area contributed by atoms with Crippen LogP contribution in [0.1, 0.15) is 0 Å². The third-order valence-electron chi connectivity index (χ3n) is 3.44. The molecule has 0 saturated heterocycles. The van der Waals surface area contributed by atoms with Gasteiger partial charge >= 0.3 is 0 Å². The number of hydrogen-bond donors (Lipinski definition) is 1.